The Kier molecular flexibility index (Phi) is 2.27. The van der Waals surface area contributed by atoms with Crippen LogP contribution in [0.1, 0.15) is 11.5 Å². The summed E-state index contributed by atoms with van der Waals surface area (Å²) in [4.78, 5) is 11.0. The summed E-state index contributed by atoms with van der Waals surface area (Å²) in [5.74, 6) is -1.10. The monoisotopic (exact) mass is 269 g/mol. The van der Waals surface area contributed by atoms with E-state index in [4.69, 9.17) is 0 Å². The van der Waals surface area contributed by atoms with Gasteiger partial charge in [0.05, 0.1) is 0 Å². The number of fused-ring (bicyclic) bond motifs is 1. The molecular weight excluding hydrogens is 263 g/mol. The summed E-state index contributed by atoms with van der Waals surface area (Å²) in [6.07, 6.45) is -2.01. The van der Waals surface area contributed by atoms with Crippen LogP contribution in [0.2, 0.25) is 0 Å². The molecule has 0 aliphatic rings. The summed E-state index contributed by atoms with van der Waals surface area (Å²) in [6.45, 7) is 1.64. The molecule has 0 bridgehead atoms. The van der Waals surface area contributed by atoms with Crippen LogP contribution in [-0.4, -0.2) is 34.3 Å². The maximum absolute atomic E-state index is 12.6. The Morgan fingerprint density at radius 1 is 1.21 bits per heavy atom. The largest absolute Gasteiger partial charge is 0.453 e. The second-order valence-electron chi connectivity index (χ2n) is 3.74. The highest BCUT2D eigenvalue weighted by atomic mass is 19.4. The number of aryl methyl sites for hydroxylation is 1. The maximum atomic E-state index is 12.6. The molecule has 0 aliphatic carbocycles. The van der Waals surface area contributed by atoms with Crippen molar-refractivity contribution in [2.45, 2.75) is 13.1 Å². The minimum atomic E-state index is -4.62. The van der Waals surface area contributed by atoms with Gasteiger partial charge < -0.3 is 0 Å². The van der Waals surface area contributed by atoms with Gasteiger partial charge in [0, 0.05) is 11.8 Å². The van der Waals surface area contributed by atoms with Crippen LogP contribution >= 0.6 is 0 Å². The number of hydrogen-bond acceptors (Lipinski definition) is 5. The van der Waals surface area contributed by atoms with Crippen molar-refractivity contribution >= 4 is 5.78 Å². The van der Waals surface area contributed by atoms with Gasteiger partial charge >= 0.3 is 6.18 Å². The molecule has 0 atom stereocenters. The molecule has 98 valence electrons. The van der Waals surface area contributed by atoms with Crippen LogP contribution in [0.3, 0.4) is 0 Å². The predicted molar refractivity (Wildman–Crippen MR) is 55.4 cm³/mol. The van der Waals surface area contributed by atoms with E-state index in [0.29, 0.717) is 5.69 Å². The van der Waals surface area contributed by atoms with Gasteiger partial charge in [0.1, 0.15) is 12.7 Å². The molecule has 3 heterocycles. The lowest BCUT2D eigenvalue weighted by Gasteiger charge is -2.03. The molecule has 0 fully saturated rings. The fourth-order valence-electron chi connectivity index (χ4n) is 1.58. The molecule has 0 aliphatic heterocycles. The first-order valence-electron chi connectivity index (χ1n) is 5.12. The van der Waals surface area contributed by atoms with Crippen molar-refractivity contribution in [1.82, 2.24) is 34.3 Å². The lowest BCUT2D eigenvalue weighted by Crippen LogP contribution is -2.09. The van der Waals surface area contributed by atoms with Gasteiger partial charge in [-0.2, -0.15) is 27.8 Å². The molecule has 0 saturated carbocycles. The summed E-state index contributed by atoms with van der Waals surface area (Å²) in [5, 5.41) is 7.27. The summed E-state index contributed by atoms with van der Waals surface area (Å²) >= 11 is 0. The van der Waals surface area contributed by atoms with Crippen LogP contribution < -0.4 is 0 Å². The quantitative estimate of drug-likeness (QED) is 0.659. The van der Waals surface area contributed by atoms with Crippen molar-refractivity contribution < 1.29 is 13.2 Å². The molecule has 0 unspecified atom stereocenters. The SMILES string of the molecule is Cc1cc(-n2cncn2)n2nc(C(F)(F)F)nc2n1. The van der Waals surface area contributed by atoms with Crippen LogP contribution in [0.15, 0.2) is 18.7 Å². The molecule has 10 heteroatoms. The minimum Gasteiger partial charge on any atom is -0.223 e. The number of rotatable bonds is 1. The van der Waals surface area contributed by atoms with Crippen LogP contribution in [-0.2, 0) is 6.18 Å². The molecule has 7 nitrogen and oxygen atoms in total. The van der Waals surface area contributed by atoms with E-state index in [1.807, 2.05) is 0 Å². The van der Waals surface area contributed by atoms with Gasteiger partial charge in [-0.05, 0) is 6.92 Å². The lowest BCUT2D eigenvalue weighted by atomic mass is 10.4. The highest BCUT2D eigenvalue weighted by Crippen LogP contribution is 2.26. The first-order chi connectivity index (χ1) is 8.95. The molecule has 0 saturated heterocycles. The normalized spacial score (nSPS) is 12.2. The third-order valence-electron chi connectivity index (χ3n) is 2.33. The molecule has 3 aromatic rings. The molecule has 0 aromatic carbocycles. The van der Waals surface area contributed by atoms with Gasteiger partial charge in [-0.1, -0.05) is 0 Å². The van der Waals surface area contributed by atoms with E-state index in [1.165, 1.54) is 23.4 Å². The summed E-state index contributed by atoms with van der Waals surface area (Å²) < 4.78 is 40.1. The second kappa shape index (κ2) is 3.73. The number of alkyl halides is 3. The Morgan fingerprint density at radius 3 is 2.63 bits per heavy atom. The summed E-state index contributed by atoms with van der Waals surface area (Å²) in [7, 11) is 0. The molecule has 0 N–H and O–H groups in total. The Bertz CT molecular complexity index is 728. The fraction of sp³-hybridized carbons (Fsp3) is 0.222. The van der Waals surface area contributed by atoms with Crippen LogP contribution in [0, 0.1) is 6.92 Å². The standard InChI is InChI=1S/C9H6F3N7/c1-5-2-6(18-4-13-3-14-18)19-8(15-5)16-7(17-19)9(10,11)12/h2-4H,1H3. The highest BCUT2D eigenvalue weighted by Gasteiger charge is 2.36. The zero-order valence-corrected chi connectivity index (χ0v) is 9.50. The van der Waals surface area contributed by atoms with Crippen molar-refractivity contribution in [2.75, 3.05) is 0 Å². The van der Waals surface area contributed by atoms with E-state index in [1.54, 1.807) is 6.92 Å². The lowest BCUT2D eigenvalue weighted by molar-refractivity contribution is -0.144. The molecule has 0 spiro atoms. The fourth-order valence-corrected chi connectivity index (χ4v) is 1.58. The number of hydrogen-bond donors (Lipinski definition) is 0. The molecule has 3 aromatic heterocycles. The van der Waals surface area contributed by atoms with E-state index < -0.39 is 12.0 Å². The average Bonchev–Trinajstić information content (AvgIpc) is 2.95. The Balaban J connectivity index is 2.30. The minimum absolute atomic E-state index is 0.141. The van der Waals surface area contributed by atoms with Gasteiger partial charge in [-0.3, -0.25) is 0 Å². The van der Waals surface area contributed by atoms with Gasteiger partial charge in [-0.25, -0.2) is 14.6 Å². The Labute approximate surface area is 103 Å². The topological polar surface area (TPSA) is 73.8 Å². The van der Waals surface area contributed by atoms with Gasteiger partial charge in [0.25, 0.3) is 11.6 Å². The maximum Gasteiger partial charge on any atom is 0.453 e. The smallest absolute Gasteiger partial charge is 0.223 e. The van der Waals surface area contributed by atoms with E-state index in [9.17, 15) is 13.2 Å². The molecule has 19 heavy (non-hydrogen) atoms. The van der Waals surface area contributed by atoms with Crippen molar-refractivity contribution in [3.05, 3.63) is 30.2 Å². The van der Waals surface area contributed by atoms with E-state index in [-0.39, 0.29) is 11.6 Å². The van der Waals surface area contributed by atoms with Crippen molar-refractivity contribution in [3.63, 3.8) is 0 Å². The third kappa shape index (κ3) is 1.90. The van der Waals surface area contributed by atoms with Gasteiger partial charge in [0.15, 0.2) is 5.82 Å². The second-order valence-corrected chi connectivity index (χ2v) is 3.74. The van der Waals surface area contributed by atoms with Crippen molar-refractivity contribution in [3.8, 4) is 5.82 Å². The van der Waals surface area contributed by atoms with Crippen molar-refractivity contribution in [2.24, 2.45) is 0 Å². The Hall–Kier alpha value is -2.52. The predicted octanol–water partition coefficient (Wildman–Crippen LogP) is 1.03. The van der Waals surface area contributed by atoms with Gasteiger partial charge in [0.2, 0.25) is 0 Å². The first-order valence-corrected chi connectivity index (χ1v) is 5.12. The van der Waals surface area contributed by atoms with Crippen LogP contribution in [0.25, 0.3) is 11.6 Å². The number of nitrogens with zero attached hydrogens (tertiary/aromatic N) is 7. The molecule has 0 amide bonds. The van der Waals surface area contributed by atoms with Crippen LogP contribution in [0.4, 0.5) is 13.2 Å². The zero-order valence-electron chi connectivity index (χ0n) is 9.50. The Morgan fingerprint density at radius 2 is 2.00 bits per heavy atom. The number of aromatic nitrogens is 7. The molecule has 3 rings (SSSR count). The molecular formula is C9H6F3N7. The van der Waals surface area contributed by atoms with E-state index in [2.05, 4.69) is 25.1 Å². The summed E-state index contributed by atoms with van der Waals surface area (Å²) in [5.41, 5.74) is 0.499. The van der Waals surface area contributed by atoms with Gasteiger partial charge in [-0.15, -0.1) is 5.10 Å². The zero-order chi connectivity index (χ0) is 13.6. The summed E-state index contributed by atoms with van der Waals surface area (Å²) in [6, 6.07) is 1.54. The third-order valence-corrected chi connectivity index (χ3v) is 2.33. The first kappa shape index (κ1) is 11.6. The highest BCUT2D eigenvalue weighted by molar-refractivity contribution is 5.37. The van der Waals surface area contributed by atoms with E-state index in [0.717, 1.165) is 4.52 Å². The van der Waals surface area contributed by atoms with Crippen molar-refractivity contribution in [1.29, 1.82) is 0 Å². The van der Waals surface area contributed by atoms with Crippen LogP contribution in [0.5, 0.6) is 0 Å². The van der Waals surface area contributed by atoms with E-state index >= 15 is 0 Å². The number of halogens is 3. The molecule has 0 radical (unpaired) electrons. The average molecular weight is 269 g/mol.